The van der Waals surface area contributed by atoms with E-state index in [0.29, 0.717) is 0 Å². The summed E-state index contributed by atoms with van der Waals surface area (Å²) in [7, 11) is 1.00. The van der Waals surface area contributed by atoms with Crippen molar-refractivity contribution in [2.75, 3.05) is 26.8 Å². The molecule has 5 nitrogen and oxygen atoms in total. The van der Waals surface area contributed by atoms with Crippen LogP contribution in [-0.2, 0) is 4.79 Å². The van der Waals surface area contributed by atoms with Gasteiger partial charge in [-0.25, -0.2) is 4.79 Å². The summed E-state index contributed by atoms with van der Waals surface area (Å²) in [5.41, 5.74) is 0. The van der Waals surface area contributed by atoms with Gasteiger partial charge in [-0.2, -0.15) is 13.2 Å². The molecule has 0 spiro atoms. The third kappa shape index (κ3) is 51.3. The van der Waals surface area contributed by atoms with Crippen molar-refractivity contribution in [3.05, 3.63) is 0 Å². The van der Waals surface area contributed by atoms with Gasteiger partial charge in [0.1, 0.15) is 0 Å². The molecular weight excluding hydrogens is 243 g/mol. The van der Waals surface area contributed by atoms with E-state index in [2.05, 4.69) is 19.2 Å². The van der Waals surface area contributed by atoms with Crippen LogP contribution in [0.4, 0.5) is 13.2 Å². The van der Waals surface area contributed by atoms with Crippen LogP contribution in [0.2, 0.25) is 0 Å². The van der Waals surface area contributed by atoms with Crippen LogP contribution in [0.3, 0.4) is 0 Å². The van der Waals surface area contributed by atoms with Gasteiger partial charge in [0.25, 0.3) is 0 Å². The summed E-state index contributed by atoms with van der Waals surface area (Å²) in [5, 5.41) is 24.8. The summed E-state index contributed by atoms with van der Waals surface area (Å²) in [6.45, 7) is 8.32. The number of halogens is 3. The number of aliphatic hydroxyl groups is 2. The van der Waals surface area contributed by atoms with Crippen LogP contribution in [0.1, 0.15) is 20.8 Å². The molecule has 0 aliphatic carbocycles. The minimum Gasteiger partial charge on any atom is -0.475 e. The van der Waals surface area contributed by atoms with Crippen molar-refractivity contribution in [3.8, 4) is 0 Å². The van der Waals surface area contributed by atoms with Crippen LogP contribution in [0, 0.1) is 0 Å². The second-order valence-electron chi connectivity index (χ2n) is 2.08. The molecule has 0 radical (unpaired) electrons. The van der Waals surface area contributed by atoms with Gasteiger partial charge in [0.05, 0.1) is 0 Å². The molecule has 0 aliphatic rings. The van der Waals surface area contributed by atoms with E-state index in [-0.39, 0.29) is 6.61 Å². The summed E-state index contributed by atoms with van der Waals surface area (Å²) < 4.78 is 31.7. The van der Waals surface area contributed by atoms with Crippen molar-refractivity contribution in [1.29, 1.82) is 0 Å². The van der Waals surface area contributed by atoms with Crippen molar-refractivity contribution in [1.82, 2.24) is 5.32 Å². The normalized spacial score (nSPS) is 8.53. The number of carbonyl (C=O) groups is 1. The number of carboxylic acid groups (broad SMARTS) is 1. The highest BCUT2D eigenvalue weighted by molar-refractivity contribution is 5.73. The summed E-state index contributed by atoms with van der Waals surface area (Å²) in [6, 6.07) is 0. The molecule has 0 aromatic heterocycles. The van der Waals surface area contributed by atoms with E-state index in [1.807, 2.05) is 0 Å². The summed E-state index contributed by atoms with van der Waals surface area (Å²) in [5.74, 6) is -2.76. The smallest absolute Gasteiger partial charge is 0.475 e. The average Bonchev–Trinajstić information content (AvgIpc) is 2.22. The molecule has 0 aromatic rings. The monoisotopic (exact) mass is 265 g/mol. The molecule has 0 aliphatic heterocycles. The molecule has 0 saturated carbocycles. The Labute approximate surface area is 99.3 Å². The molecule has 4 N–H and O–H groups in total. The van der Waals surface area contributed by atoms with Gasteiger partial charge < -0.3 is 20.6 Å². The molecule has 0 rings (SSSR count). The molecule has 0 unspecified atom stereocenters. The molecule has 0 saturated heterocycles. The lowest BCUT2D eigenvalue weighted by Crippen LogP contribution is -2.21. The number of rotatable bonds is 2. The molecule has 0 atom stereocenters. The van der Waals surface area contributed by atoms with Crippen molar-refractivity contribution in [2.24, 2.45) is 0 Å². The Bertz CT molecular complexity index is 141. The van der Waals surface area contributed by atoms with Gasteiger partial charge in [-0.1, -0.05) is 13.8 Å². The molecular formula is C9H22F3NO4. The number of carboxylic acids is 1. The maximum atomic E-state index is 10.6. The number of aliphatic carboxylic acids is 1. The Morgan fingerprint density at radius 2 is 1.29 bits per heavy atom. The highest BCUT2D eigenvalue weighted by atomic mass is 19.4. The van der Waals surface area contributed by atoms with Crippen molar-refractivity contribution in [2.45, 2.75) is 26.9 Å². The van der Waals surface area contributed by atoms with Crippen LogP contribution in [0.25, 0.3) is 0 Å². The maximum Gasteiger partial charge on any atom is 0.490 e. The van der Waals surface area contributed by atoms with Gasteiger partial charge in [0.15, 0.2) is 0 Å². The number of hydrogen-bond donors (Lipinski definition) is 4. The largest absolute Gasteiger partial charge is 0.490 e. The van der Waals surface area contributed by atoms with E-state index in [4.69, 9.17) is 20.1 Å². The molecule has 108 valence electrons. The van der Waals surface area contributed by atoms with E-state index in [1.165, 1.54) is 0 Å². The Balaban J connectivity index is -0.0000000743. The standard InChI is InChI=1S/C4H11N.C2HF3O2.C2H6O.CH4O/c1-3-5-4-2;3-2(4,5)1(6)7;1-2-3;1-2/h5H,3-4H2,1-2H3;(H,6,7);3H,2H2,1H3;2H,1H3. The van der Waals surface area contributed by atoms with Crippen LogP contribution in [-0.4, -0.2) is 54.3 Å². The highest BCUT2D eigenvalue weighted by Crippen LogP contribution is 2.13. The third-order valence-corrected chi connectivity index (χ3v) is 0.743. The predicted molar refractivity (Wildman–Crippen MR) is 58.8 cm³/mol. The Hall–Kier alpha value is -0.860. The first-order valence-electron chi connectivity index (χ1n) is 4.84. The fourth-order valence-electron chi connectivity index (χ4n) is 0.250. The van der Waals surface area contributed by atoms with Gasteiger partial charge >= 0.3 is 12.1 Å². The van der Waals surface area contributed by atoms with Gasteiger partial charge in [0.2, 0.25) is 0 Å². The average molecular weight is 265 g/mol. The maximum absolute atomic E-state index is 10.6. The van der Waals surface area contributed by atoms with Crippen molar-refractivity contribution in [3.63, 3.8) is 0 Å². The second kappa shape index (κ2) is 20.5. The van der Waals surface area contributed by atoms with E-state index < -0.39 is 12.1 Å². The quantitative estimate of drug-likeness (QED) is 0.594. The SMILES string of the molecule is CCNCC.CCO.CO.O=C(O)C(F)(F)F. The summed E-state index contributed by atoms with van der Waals surface area (Å²) in [6.07, 6.45) is -5.08. The molecule has 0 aromatic carbocycles. The third-order valence-electron chi connectivity index (χ3n) is 0.743. The van der Waals surface area contributed by atoms with Crippen LogP contribution in [0.15, 0.2) is 0 Å². The van der Waals surface area contributed by atoms with Gasteiger partial charge in [-0.3, -0.25) is 0 Å². The first-order valence-corrected chi connectivity index (χ1v) is 4.84. The van der Waals surface area contributed by atoms with Crippen molar-refractivity contribution < 1.29 is 33.3 Å². The van der Waals surface area contributed by atoms with E-state index in [9.17, 15) is 13.2 Å². The minimum atomic E-state index is -5.08. The lowest BCUT2D eigenvalue weighted by Gasteiger charge is -1.93. The summed E-state index contributed by atoms with van der Waals surface area (Å²) in [4.78, 5) is 8.90. The fourth-order valence-corrected chi connectivity index (χ4v) is 0.250. The van der Waals surface area contributed by atoms with Crippen LogP contribution in [0.5, 0.6) is 0 Å². The number of alkyl halides is 3. The summed E-state index contributed by atoms with van der Waals surface area (Å²) >= 11 is 0. The number of hydrogen-bond acceptors (Lipinski definition) is 4. The highest BCUT2D eigenvalue weighted by Gasteiger charge is 2.38. The first-order chi connectivity index (χ1) is 7.77. The molecule has 0 heterocycles. The fraction of sp³-hybridized carbons (Fsp3) is 0.889. The Morgan fingerprint density at radius 1 is 1.12 bits per heavy atom. The Kier molecular flexibility index (Phi) is 30.3. The van der Waals surface area contributed by atoms with Gasteiger partial charge in [-0.05, 0) is 20.0 Å². The van der Waals surface area contributed by atoms with Crippen LogP contribution >= 0.6 is 0 Å². The number of nitrogens with one attached hydrogen (secondary N) is 1. The molecule has 8 heteroatoms. The lowest BCUT2D eigenvalue weighted by molar-refractivity contribution is -0.192. The molecule has 0 bridgehead atoms. The lowest BCUT2D eigenvalue weighted by atomic mass is 10.7. The van der Waals surface area contributed by atoms with E-state index in [1.54, 1.807) is 6.92 Å². The van der Waals surface area contributed by atoms with Crippen LogP contribution < -0.4 is 5.32 Å². The zero-order valence-corrected chi connectivity index (χ0v) is 10.5. The zero-order chi connectivity index (χ0) is 14.9. The molecule has 0 fully saturated rings. The molecule has 17 heavy (non-hydrogen) atoms. The zero-order valence-electron chi connectivity index (χ0n) is 10.5. The minimum absolute atomic E-state index is 0.250. The Morgan fingerprint density at radius 3 is 1.29 bits per heavy atom. The van der Waals surface area contributed by atoms with Gasteiger partial charge in [0, 0.05) is 13.7 Å². The molecule has 0 amide bonds. The topological polar surface area (TPSA) is 89.8 Å². The predicted octanol–water partition coefficient (Wildman–Crippen LogP) is 0.856. The first kappa shape index (κ1) is 25.1. The second-order valence-corrected chi connectivity index (χ2v) is 2.08. The van der Waals surface area contributed by atoms with Crippen molar-refractivity contribution >= 4 is 5.97 Å². The van der Waals surface area contributed by atoms with E-state index in [0.717, 1.165) is 20.2 Å². The van der Waals surface area contributed by atoms with Gasteiger partial charge in [-0.15, -0.1) is 0 Å². The number of aliphatic hydroxyl groups excluding tert-OH is 2. The van der Waals surface area contributed by atoms with E-state index >= 15 is 0 Å².